The van der Waals surface area contributed by atoms with Gasteiger partial charge in [0.05, 0.1) is 16.9 Å². The van der Waals surface area contributed by atoms with E-state index in [-0.39, 0.29) is 16.4 Å². The van der Waals surface area contributed by atoms with Crippen LogP contribution in [0.5, 0.6) is 0 Å². The molecule has 0 saturated heterocycles. The molecule has 2 rings (SSSR count). The topological polar surface area (TPSA) is 38.0 Å². The van der Waals surface area contributed by atoms with Crippen molar-refractivity contribution in [3.63, 3.8) is 0 Å². The van der Waals surface area contributed by atoms with Gasteiger partial charge in [-0.3, -0.25) is 0 Å². The van der Waals surface area contributed by atoms with Gasteiger partial charge >= 0.3 is 6.18 Å². The van der Waals surface area contributed by atoms with Crippen molar-refractivity contribution in [1.29, 1.82) is 0 Å². The lowest BCUT2D eigenvalue weighted by Crippen LogP contribution is -2.06. The summed E-state index contributed by atoms with van der Waals surface area (Å²) in [6, 6.07) is 5.58. The summed E-state index contributed by atoms with van der Waals surface area (Å²) in [5.41, 5.74) is 5.60. The molecule has 2 aromatic rings. The van der Waals surface area contributed by atoms with Crippen molar-refractivity contribution in [2.75, 3.05) is 11.1 Å². The molecular formula is C14H11ClF4N2. The van der Waals surface area contributed by atoms with Gasteiger partial charge in [-0.25, -0.2) is 4.39 Å². The van der Waals surface area contributed by atoms with Gasteiger partial charge in [-0.1, -0.05) is 11.6 Å². The van der Waals surface area contributed by atoms with E-state index in [1.165, 1.54) is 19.1 Å². The molecule has 0 unspecified atom stereocenters. The van der Waals surface area contributed by atoms with Gasteiger partial charge in [-0.15, -0.1) is 0 Å². The molecule has 0 aromatic heterocycles. The van der Waals surface area contributed by atoms with Crippen molar-refractivity contribution in [3.8, 4) is 0 Å². The van der Waals surface area contributed by atoms with Gasteiger partial charge in [0.1, 0.15) is 5.82 Å². The molecule has 2 nitrogen and oxygen atoms in total. The molecule has 0 heterocycles. The number of nitrogen functional groups attached to an aromatic ring is 1. The number of nitrogens with one attached hydrogen (secondary N) is 1. The van der Waals surface area contributed by atoms with Gasteiger partial charge < -0.3 is 11.1 Å². The summed E-state index contributed by atoms with van der Waals surface area (Å²) in [5, 5.41) is 2.65. The zero-order valence-corrected chi connectivity index (χ0v) is 11.6. The summed E-state index contributed by atoms with van der Waals surface area (Å²) < 4.78 is 51.5. The van der Waals surface area contributed by atoms with E-state index < -0.39 is 17.6 Å². The number of halogens is 5. The Morgan fingerprint density at radius 2 is 1.76 bits per heavy atom. The lowest BCUT2D eigenvalue weighted by Gasteiger charge is -2.14. The second-order valence-corrected chi connectivity index (χ2v) is 4.98. The summed E-state index contributed by atoms with van der Waals surface area (Å²) in [6.07, 6.45) is -4.51. The highest BCUT2D eigenvalue weighted by Gasteiger charge is 2.31. The Morgan fingerprint density at radius 3 is 2.38 bits per heavy atom. The number of anilines is 3. The zero-order valence-electron chi connectivity index (χ0n) is 10.9. The van der Waals surface area contributed by atoms with Gasteiger partial charge in [-0.05, 0) is 42.8 Å². The van der Waals surface area contributed by atoms with Crippen molar-refractivity contribution in [2.24, 2.45) is 0 Å². The zero-order chi connectivity index (χ0) is 15.8. The van der Waals surface area contributed by atoms with Crippen LogP contribution in [-0.2, 0) is 6.18 Å². The fourth-order valence-corrected chi connectivity index (χ4v) is 2.02. The number of benzene rings is 2. The molecule has 0 fully saturated rings. The van der Waals surface area contributed by atoms with E-state index in [0.29, 0.717) is 11.3 Å². The van der Waals surface area contributed by atoms with Crippen LogP contribution >= 0.6 is 11.6 Å². The van der Waals surface area contributed by atoms with Crippen molar-refractivity contribution in [3.05, 3.63) is 52.3 Å². The molecule has 0 spiro atoms. The molecule has 7 heteroatoms. The lowest BCUT2D eigenvalue weighted by molar-refractivity contribution is -0.137. The predicted octanol–water partition coefficient (Wildman–Crippen LogP) is 5.13. The Balaban J connectivity index is 2.40. The third kappa shape index (κ3) is 3.58. The Kier molecular flexibility index (Phi) is 4.00. The number of rotatable bonds is 2. The van der Waals surface area contributed by atoms with E-state index in [1.54, 1.807) is 0 Å². The van der Waals surface area contributed by atoms with Crippen LogP contribution in [0.15, 0.2) is 30.3 Å². The first-order chi connectivity index (χ1) is 9.66. The number of hydrogen-bond acceptors (Lipinski definition) is 2. The largest absolute Gasteiger partial charge is 0.416 e. The fourth-order valence-electron chi connectivity index (χ4n) is 1.79. The molecule has 0 aliphatic heterocycles. The first kappa shape index (κ1) is 15.4. The van der Waals surface area contributed by atoms with Crippen molar-refractivity contribution < 1.29 is 17.6 Å². The van der Waals surface area contributed by atoms with Crippen LogP contribution in [0.25, 0.3) is 0 Å². The van der Waals surface area contributed by atoms with Crippen LogP contribution < -0.4 is 11.1 Å². The van der Waals surface area contributed by atoms with Crippen LogP contribution in [0.3, 0.4) is 0 Å². The molecule has 2 aromatic carbocycles. The van der Waals surface area contributed by atoms with E-state index >= 15 is 0 Å². The molecule has 0 saturated carbocycles. The molecule has 21 heavy (non-hydrogen) atoms. The quantitative estimate of drug-likeness (QED) is 0.595. The van der Waals surface area contributed by atoms with E-state index in [1.807, 2.05) is 0 Å². The van der Waals surface area contributed by atoms with Crippen molar-refractivity contribution in [2.45, 2.75) is 13.1 Å². The van der Waals surface area contributed by atoms with E-state index in [4.69, 9.17) is 17.3 Å². The predicted molar refractivity (Wildman–Crippen MR) is 75.3 cm³/mol. The molecule has 0 bridgehead atoms. The van der Waals surface area contributed by atoms with Gasteiger partial charge in [0.25, 0.3) is 0 Å². The highest BCUT2D eigenvalue weighted by Crippen LogP contribution is 2.35. The van der Waals surface area contributed by atoms with Crippen LogP contribution in [0.4, 0.5) is 34.6 Å². The maximum absolute atomic E-state index is 13.3. The minimum atomic E-state index is -4.51. The summed E-state index contributed by atoms with van der Waals surface area (Å²) in [4.78, 5) is 0. The van der Waals surface area contributed by atoms with E-state index in [9.17, 15) is 17.6 Å². The van der Waals surface area contributed by atoms with Crippen molar-refractivity contribution in [1.82, 2.24) is 0 Å². The second kappa shape index (κ2) is 5.44. The highest BCUT2D eigenvalue weighted by molar-refractivity contribution is 6.31. The van der Waals surface area contributed by atoms with Crippen LogP contribution in [0.2, 0.25) is 5.02 Å². The highest BCUT2D eigenvalue weighted by atomic mass is 35.5. The monoisotopic (exact) mass is 318 g/mol. The lowest BCUT2D eigenvalue weighted by atomic mass is 10.1. The Hall–Kier alpha value is -1.95. The summed E-state index contributed by atoms with van der Waals surface area (Å²) in [6.45, 7) is 1.53. The van der Waals surface area contributed by atoms with Gasteiger partial charge in [0, 0.05) is 10.7 Å². The SMILES string of the molecule is Cc1cc(Nc2cc(Cl)cc(C(F)(F)F)c2)c(N)cc1F. The Labute approximate surface area is 123 Å². The molecule has 0 atom stereocenters. The number of hydrogen-bond donors (Lipinski definition) is 2. The van der Waals surface area contributed by atoms with E-state index in [0.717, 1.165) is 18.2 Å². The Bertz CT molecular complexity index is 683. The minimum absolute atomic E-state index is 0.0651. The number of aryl methyl sites for hydroxylation is 1. The van der Waals surface area contributed by atoms with Gasteiger partial charge in [-0.2, -0.15) is 13.2 Å². The second-order valence-electron chi connectivity index (χ2n) is 4.54. The molecular weight excluding hydrogens is 308 g/mol. The van der Waals surface area contributed by atoms with Crippen molar-refractivity contribution >= 4 is 28.7 Å². The molecule has 0 amide bonds. The molecule has 112 valence electrons. The van der Waals surface area contributed by atoms with Crippen LogP contribution in [0, 0.1) is 12.7 Å². The smallest absolute Gasteiger partial charge is 0.397 e. The molecule has 0 aliphatic carbocycles. The standard InChI is InChI=1S/C14H11ClF4N2/c1-7-2-13(12(20)6-11(7)16)21-10-4-8(14(17,18)19)3-9(15)5-10/h2-6,21H,20H2,1H3. The molecule has 3 N–H and O–H groups in total. The third-order valence-electron chi connectivity index (χ3n) is 2.83. The number of alkyl halides is 3. The molecule has 0 aliphatic rings. The maximum atomic E-state index is 13.3. The first-order valence-corrected chi connectivity index (χ1v) is 6.25. The average molecular weight is 319 g/mol. The number of nitrogens with two attached hydrogens (primary N) is 1. The Morgan fingerprint density at radius 1 is 1.10 bits per heavy atom. The van der Waals surface area contributed by atoms with Gasteiger partial charge in [0.15, 0.2) is 0 Å². The molecule has 0 radical (unpaired) electrons. The fraction of sp³-hybridized carbons (Fsp3) is 0.143. The first-order valence-electron chi connectivity index (χ1n) is 5.87. The van der Waals surface area contributed by atoms with Crippen LogP contribution in [0.1, 0.15) is 11.1 Å². The minimum Gasteiger partial charge on any atom is -0.397 e. The average Bonchev–Trinajstić information content (AvgIpc) is 2.34. The maximum Gasteiger partial charge on any atom is 0.416 e. The normalized spacial score (nSPS) is 11.5. The summed E-state index contributed by atoms with van der Waals surface area (Å²) in [7, 11) is 0. The summed E-state index contributed by atoms with van der Waals surface area (Å²) >= 11 is 5.69. The van der Waals surface area contributed by atoms with Crippen LogP contribution in [-0.4, -0.2) is 0 Å². The summed E-state index contributed by atoms with van der Waals surface area (Å²) in [5.74, 6) is -0.486. The third-order valence-corrected chi connectivity index (χ3v) is 3.05. The van der Waals surface area contributed by atoms with Gasteiger partial charge in [0.2, 0.25) is 0 Å². The van der Waals surface area contributed by atoms with E-state index in [2.05, 4.69) is 5.32 Å².